The number of hydrogen-bond acceptors (Lipinski definition) is 8. The molecule has 3 amide bonds. The van der Waals surface area contributed by atoms with Crippen molar-refractivity contribution in [2.75, 3.05) is 27.2 Å². The van der Waals surface area contributed by atoms with Crippen molar-refractivity contribution in [3.8, 4) is 22.2 Å². The maximum absolute atomic E-state index is 13.8. The van der Waals surface area contributed by atoms with E-state index in [2.05, 4.69) is 15.3 Å². The lowest BCUT2D eigenvalue weighted by atomic mass is 10.1. The lowest BCUT2D eigenvalue weighted by Gasteiger charge is -2.29. The first kappa shape index (κ1) is 32.7. The van der Waals surface area contributed by atoms with E-state index in [0.29, 0.717) is 40.9 Å². The molecule has 1 aliphatic carbocycles. The quantitative estimate of drug-likeness (QED) is 0.343. The van der Waals surface area contributed by atoms with E-state index >= 15 is 0 Å². The number of aryl methyl sites for hydroxylation is 1. The maximum Gasteiger partial charge on any atom is 0.434 e. The van der Waals surface area contributed by atoms with Gasteiger partial charge in [0.1, 0.15) is 39.9 Å². The van der Waals surface area contributed by atoms with Crippen molar-refractivity contribution in [2.45, 2.75) is 69.8 Å². The molecule has 2 aliphatic heterocycles. The molecule has 3 aromatic rings. The lowest BCUT2D eigenvalue weighted by molar-refractivity contribution is -0.140. The van der Waals surface area contributed by atoms with Crippen LogP contribution in [0, 0.1) is 12.8 Å². The molecule has 1 N–H and O–H groups in total. The fourth-order valence-electron chi connectivity index (χ4n) is 6.51. The summed E-state index contributed by atoms with van der Waals surface area (Å²) in [6.45, 7) is 3.83. The van der Waals surface area contributed by atoms with E-state index in [4.69, 9.17) is 9.47 Å². The van der Waals surface area contributed by atoms with Crippen LogP contribution in [-0.4, -0.2) is 82.4 Å². The molecule has 2 aromatic heterocycles. The fourth-order valence-corrected chi connectivity index (χ4v) is 7.29. The van der Waals surface area contributed by atoms with Crippen LogP contribution in [0.2, 0.25) is 0 Å². The number of aromatic nitrogens is 2. The molecule has 2 fully saturated rings. The number of rotatable bonds is 5. The number of nitrogens with zero attached hydrogens (tertiary/aromatic N) is 4. The van der Waals surface area contributed by atoms with E-state index in [0.717, 1.165) is 36.0 Å². The van der Waals surface area contributed by atoms with Crippen molar-refractivity contribution in [1.82, 2.24) is 25.1 Å². The molecule has 6 rings (SSSR count). The number of pyridine rings is 1. The molecular weight excluding hydrogens is 635 g/mol. The van der Waals surface area contributed by atoms with Crippen LogP contribution in [-0.2, 0) is 15.8 Å². The van der Waals surface area contributed by atoms with Gasteiger partial charge in [0.05, 0.1) is 19.2 Å². The van der Waals surface area contributed by atoms with Crippen LogP contribution in [0.3, 0.4) is 0 Å². The molecule has 0 radical (unpaired) electrons. The molecule has 1 aromatic carbocycles. The number of likely N-dealkylation sites (N-methyl/N-ethyl adjacent to an activating group) is 1. The maximum atomic E-state index is 13.8. The zero-order valence-corrected chi connectivity index (χ0v) is 27.3. The molecule has 4 heterocycles. The number of amides is 3. The van der Waals surface area contributed by atoms with Gasteiger partial charge in [0.25, 0.3) is 0 Å². The van der Waals surface area contributed by atoms with Crippen molar-refractivity contribution in [3.05, 3.63) is 47.0 Å². The highest BCUT2D eigenvalue weighted by Gasteiger charge is 2.59. The van der Waals surface area contributed by atoms with E-state index in [1.54, 1.807) is 37.1 Å². The average molecular weight is 672 g/mol. The zero-order valence-electron chi connectivity index (χ0n) is 26.5. The van der Waals surface area contributed by atoms with Crippen LogP contribution in [0.1, 0.15) is 50.3 Å². The number of ether oxygens (including phenoxy) is 2. The number of Topliss-reactive ketones (excluding diaryl/α,β-unsaturated/α-hetero) is 1. The highest BCUT2D eigenvalue weighted by atomic mass is 32.1. The summed E-state index contributed by atoms with van der Waals surface area (Å²) in [6.07, 6.45) is 1.94. The van der Waals surface area contributed by atoms with E-state index < -0.39 is 35.6 Å². The Morgan fingerprint density at radius 2 is 1.96 bits per heavy atom. The number of carbonyl (C=O) groups excluding carboxylic acids is 3. The summed E-state index contributed by atoms with van der Waals surface area (Å²) in [4.78, 5) is 51.8. The molecule has 0 spiro atoms. The number of hydrogen-bond donors (Lipinski definition) is 1. The number of benzene rings is 1. The summed E-state index contributed by atoms with van der Waals surface area (Å²) in [6, 6.07) is 3.69. The third-order valence-corrected chi connectivity index (χ3v) is 10.2. The average Bonchev–Trinajstić information content (AvgIpc) is 3.33. The Bertz CT molecular complexity index is 1760. The number of carbonyl (C=O) groups is 3. The van der Waals surface area contributed by atoms with Crippen LogP contribution >= 0.6 is 11.3 Å². The molecule has 10 nitrogen and oxygen atoms in total. The van der Waals surface area contributed by atoms with Gasteiger partial charge in [-0.3, -0.25) is 9.59 Å². The second-order valence-electron chi connectivity index (χ2n) is 12.4. The van der Waals surface area contributed by atoms with Crippen molar-refractivity contribution >= 4 is 40.0 Å². The molecule has 14 heteroatoms. The van der Waals surface area contributed by atoms with Crippen molar-refractivity contribution < 1.29 is 37.0 Å². The van der Waals surface area contributed by atoms with Gasteiger partial charge in [-0.15, -0.1) is 11.3 Å². The van der Waals surface area contributed by atoms with Crippen LogP contribution in [0.5, 0.6) is 11.5 Å². The minimum absolute atomic E-state index is 0.0499. The Labute approximate surface area is 273 Å². The Hall–Kier alpha value is -4.20. The molecule has 1 saturated heterocycles. The number of nitrogens with one attached hydrogen (secondary N) is 1. The summed E-state index contributed by atoms with van der Waals surface area (Å²) in [5.74, 6) is 0.384. The van der Waals surface area contributed by atoms with Crippen molar-refractivity contribution in [3.63, 3.8) is 0 Å². The summed E-state index contributed by atoms with van der Waals surface area (Å²) < 4.78 is 52.2. The smallest absolute Gasteiger partial charge is 0.434 e. The van der Waals surface area contributed by atoms with E-state index in [-0.39, 0.29) is 41.3 Å². The number of methoxy groups -OCH3 is 1. The molecular formula is C33H36F3N5O5S. The largest absolute Gasteiger partial charge is 0.496 e. The second-order valence-corrected chi connectivity index (χ2v) is 13.3. The van der Waals surface area contributed by atoms with Crippen LogP contribution in [0.4, 0.5) is 18.0 Å². The number of thiazole rings is 1. The topological polar surface area (TPSA) is 114 Å². The van der Waals surface area contributed by atoms with Crippen LogP contribution in [0.25, 0.3) is 21.6 Å². The normalized spacial score (nSPS) is 25.9. The SMILES string of the molecule is COc1ccc2c(O[C@H]3C[C@H]4C(=O)N(C)CCCC/C=C\[C@@H]5C[C@@]5(C(C)=O)NC(=O)N4C3)cc(-c3nc(C(F)(F)F)cs3)nc2c1C. The van der Waals surface area contributed by atoms with Gasteiger partial charge in [-0.25, -0.2) is 14.8 Å². The van der Waals surface area contributed by atoms with E-state index in [1.165, 1.54) is 18.9 Å². The first-order valence-electron chi connectivity index (χ1n) is 15.5. The Balaban J connectivity index is 1.35. The van der Waals surface area contributed by atoms with Gasteiger partial charge in [-0.1, -0.05) is 12.2 Å². The minimum Gasteiger partial charge on any atom is -0.496 e. The zero-order chi connectivity index (χ0) is 33.7. The van der Waals surface area contributed by atoms with Gasteiger partial charge in [0, 0.05) is 48.3 Å². The first-order chi connectivity index (χ1) is 22.3. The van der Waals surface area contributed by atoms with Crippen LogP contribution in [0.15, 0.2) is 35.7 Å². The van der Waals surface area contributed by atoms with Gasteiger partial charge >= 0.3 is 12.2 Å². The summed E-state index contributed by atoms with van der Waals surface area (Å²) >= 11 is 0.819. The highest BCUT2D eigenvalue weighted by Crippen LogP contribution is 2.46. The number of alkyl halides is 3. The molecule has 1 saturated carbocycles. The summed E-state index contributed by atoms with van der Waals surface area (Å²) in [5.41, 5.74) is -0.717. The van der Waals surface area contributed by atoms with Gasteiger partial charge in [-0.05, 0) is 51.7 Å². The summed E-state index contributed by atoms with van der Waals surface area (Å²) in [7, 11) is 3.23. The van der Waals surface area contributed by atoms with E-state index in [9.17, 15) is 27.6 Å². The molecule has 4 atom stereocenters. The third kappa shape index (κ3) is 6.27. The lowest BCUT2D eigenvalue weighted by Crippen LogP contribution is -2.54. The second kappa shape index (κ2) is 12.4. The molecule has 0 bridgehead atoms. The van der Waals surface area contributed by atoms with Gasteiger partial charge in [0.2, 0.25) is 5.91 Å². The number of urea groups is 1. The van der Waals surface area contributed by atoms with Gasteiger partial charge in [0.15, 0.2) is 11.5 Å². The monoisotopic (exact) mass is 671 g/mol. The third-order valence-electron chi connectivity index (χ3n) is 9.31. The molecule has 3 aliphatic rings. The van der Waals surface area contributed by atoms with Crippen molar-refractivity contribution in [1.29, 1.82) is 0 Å². The van der Waals surface area contributed by atoms with Gasteiger partial charge < -0.3 is 24.6 Å². The Morgan fingerprint density at radius 1 is 1.17 bits per heavy atom. The standard InChI is InChI=1S/C33H36F3N5O5S/c1-18-25(45-4)11-10-22-26(14-23(37-28(18)22)29-38-27(17-47-29)33(34,35)36)46-21-13-24-30(43)40(3)12-8-6-5-7-9-20-15-32(20,19(2)42)39-31(44)41(24)16-21/h7,9-11,14,17,20-21,24H,5-6,8,12-13,15-16H2,1-4H3,(H,39,44)/b9-7-/t20-,21+,24+,32+/m1/s1. The highest BCUT2D eigenvalue weighted by molar-refractivity contribution is 7.13. The predicted molar refractivity (Wildman–Crippen MR) is 169 cm³/mol. The number of ketones is 1. The predicted octanol–water partition coefficient (Wildman–Crippen LogP) is 5.77. The molecule has 0 unspecified atom stereocenters. The molecule has 250 valence electrons. The first-order valence-corrected chi connectivity index (χ1v) is 16.4. The van der Waals surface area contributed by atoms with Gasteiger partial charge in [-0.2, -0.15) is 13.2 Å². The minimum atomic E-state index is -4.61. The van der Waals surface area contributed by atoms with E-state index in [1.807, 2.05) is 12.2 Å². The fraction of sp³-hybridized carbons (Fsp3) is 0.485. The van der Waals surface area contributed by atoms with Crippen LogP contribution < -0.4 is 14.8 Å². The number of fused-ring (bicyclic) bond motifs is 3. The summed E-state index contributed by atoms with van der Waals surface area (Å²) in [5, 5.41) is 4.53. The number of allylic oxidation sites excluding steroid dienone is 1. The van der Waals surface area contributed by atoms with Crippen molar-refractivity contribution in [2.24, 2.45) is 5.92 Å². The molecule has 47 heavy (non-hydrogen) atoms. The Kier molecular flexibility index (Phi) is 8.66. The Morgan fingerprint density at radius 3 is 2.66 bits per heavy atom. The number of halogens is 3.